The Bertz CT molecular complexity index is 4280. The number of nitrogens with zero attached hydrogens (tertiary/aromatic N) is 9. The van der Waals surface area contributed by atoms with E-state index >= 15 is 0 Å². The number of para-hydroxylation sites is 4. The maximum atomic E-state index is 10.2. The molecule has 1 aliphatic rings. The van der Waals surface area contributed by atoms with Gasteiger partial charge in [0.1, 0.15) is 0 Å². The van der Waals surface area contributed by atoms with Crippen molar-refractivity contribution >= 4 is 34.4 Å². The largest absolute Gasteiger partial charge is 0.305 e. The van der Waals surface area contributed by atoms with Crippen LogP contribution in [0.2, 0.25) is 0 Å². The highest BCUT2D eigenvalue weighted by Gasteiger charge is 2.35. The zero-order chi connectivity index (χ0) is 54.8. The fourth-order valence-electron chi connectivity index (χ4n) is 10.7. The molecule has 13 aromatic rings. The second-order valence-electron chi connectivity index (χ2n) is 19.8. The quantitative estimate of drug-likeness (QED) is 0.125. The van der Waals surface area contributed by atoms with Crippen LogP contribution in [0.4, 0.5) is 34.4 Å². The highest BCUT2D eigenvalue weighted by atomic mass is 15.3. The van der Waals surface area contributed by atoms with E-state index in [0.29, 0.717) is 34.5 Å². The van der Waals surface area contributed by atoms with Gasteiger partial charge in [-0.1, -0.05) is 218 Å². The molecule has 0 bridgehead atoms. The van der Waals surface area contributed by atoms with Crippen LogP contribution in [-0.4, -0.2) is 29.9 Å². The van der Waals surface area contributed by atoms with Crippen molar-refractivity contribution in [2.75, 3.05) is 9.80 Å². The van der Waals surface area contributed by atoms with E-state index in [0.717, 1.165) is 107 Å². The van der Waals surface area contributed by atoms with E-state index < -0.39 is 0 Å². The number of hydrogen-bond donors (Lipinski definition) is 0. The molecule has 0 amide bonds. The third kappa shape index (κ3) is 9.38. The van der Waals surface area contributed by atoms with Gasteiger partial charge in [-0.25, -0.2) is 29.9 Å². The van der Waals surface area contributed by atoms with E-state index in [1.54, 1.807) is 0 Å². The first-order valence-corrected chi connectivity index (χ1v) is 27.1. The third-order valence-corrected chi connectivity index (χ3v) is 14.7. The van der Waals surface area contributed by atoms with Crippen LogP contribution in [0, 0.1) is 11.3 Å². The number of hydrogen-bond acceptors (Lipinski definition) is 9. The molecule has 0 unspecified atom stereocenters. The molecule has 0 saturated carbocycles. The van der Waals surface area contributed by atoms with Crippen molar-refractivity contribution in [3.05, 3.63) is 291 Å². The highest BCUT2D eigenvalue weighted by molar-refractivity contribution is 6.07. The molecule has 9 nitrogen and oxygen atoms in total. The fourth-order valence-corrected chi connectivity index (χ4v) is 10.7. The first-order valence-electron chi connectivity index (χ1n) is 27.1. The molecule has 0 radical (unpaired) electrons. The maximum absolute atomic E-state index is 10.2. The number of rotatable bonds is 11. The van der Waals surface area contributed by atoms with Crippen molar-refractivity contribution < 1.29 is 0 Å². The van der Waals surface area contributed by atoms with E-state index in [9.17, 15) is 5.26 Å². The van der Waals surface area contributed by atoms with Crippen molar-refractivity contribution in [1.82, 2.24) is 29.9 Å². The van der Waals surface area contributed by atoms with Crippen molar-refractivity contribution in [2.45, 2.75) is 0 Å². The fraction of sp³-hybridized carbons (Fsp3) is 0. The molecule has 0 N–H and O–H groups in total. The Labute approximate surface area is 475 Å². The number of benzene rings is 10. The van der Waals surface area contributed by atoms with Gasteiger partial charge >= 0.3 is 0 Å². The van der Waals surface area contributed by atoms with Crippen LogP contribution in [0.1, 0.15) is 5.56 Å². The van der Waals surface area contributed by atoms with Crippen LogP contribution < -0.4 is 9.80 Å². The zero-order valence-electron chi connectivity index (χ0n) is 44.2. The van der Waals surface area contributed by atoms with Crippen molar-refractivity contribution in [3.8, 4) is 108 Å². The standard InChI is InChI=1S/C73H47N9/c74-48-49-39-41-50(42-40-49)58-43-57(64-45-60(51-23-7-1-8-24-51)75-71(77-64)55-31-15-5-16-32-55)44-59(65-47-61(52-25-9-2-10-26-52)76-72(78-65)56-33-17-6-18-34-56)70(58)81-66-35-19-21-37-68(66)82(69-38-22-20-36-67(69)81)73-79-62(53-27-11-3-12-28-53)46-63(80-73)54-29-13-4-14-30-54/h1-47H. The summed E-state index contributed by atoms with van der Waals surface area (Å²) in [6.45, 7) is 0. The number of fused-ring (bicyclic) bond motifs is 2. The normalized spacial score (nSPS) is 11.6. The van der Waals surface area contributed by atoms with Crippen LogP contribution in [0.25, 0.3) is 101 Å². The molecular weight excluding hydrogens is 1000 g/mol. The Hall–Kier alpha value is -11.5. The second kappa shape index (κ2) is 21.4. The first kappa shape index (κ1) is 48.9. The van der Waals surface area contributed by atoms with Gasteiger partial charge in [0.05, 0.1) is 74.2 Å². The van der Waals surface area contributed by atoms with Gasteiger partial charge in [0, 0.05) is 50.1 Å². The third-order valence-electron chi connectivity index (χ3n) is 14.7. The molecule has 0 saturated heterocycles. The average molecular weight is 1050 g/mol. The van der Waals surface area contributed by atoms with Crippen LogP contribution in [0.3, 0.4) is 0 Å². The molecule has 9 heteroatoms. The van der Waals surface area contributed by atoms with E-state index in [2.05, 4.69) is 143 Å². The molecule has 0 atom stereocenters. The molecule has 4 heterocycles. The summed E-state index contributed by atoms with van der Waals surface area (Å²) in [5.41, 5.74) is 18.4. The summed E-state index contributed by atoms with van der Waals surface area (Å²) in [7, 11) is 0. The SMILES string of the molecule is N#Cc1ccc(-c2cc(-c3cc(-c4ccccc4)nc(-c4ccccc4)n3)cc(-c3cc(-c4ccccc4)nc(-c4ccccc4)n3)c2N2c3ccccc3N(c3nc(-c4ccccc4)cc(-c4ccccc4)n3)c3ccccc32)cc1. The summed E-state index contributed by atoms with van der Waals surface area (Å²) >= 11 is 0. The Balaban J connectivity index is 1.08. The van der Waals surface area contributed by atoms with E-state index in [1.165, 1.54) is 0 Å². The van der Waals surface area contributed by atoms with E-state index in [1.807, 2.05) is 158 Å². The Morgan fingerprint density at radius 3 is 0.976 bits per heavy atom. The second-order valence-corrected chi connectivity index (χ2v) is 19.8. The summed E-state index contributed by atoms with van der Waals surface area (Å²) in [6.07, 6.45) is 0. The van der Waals surface area contributed by atoms with Gasteiger partial charge in [0.25, 0.3) is 0 Å². The van der Waals surface area contributed by atoms with E-state index in [4.69, 9.17) is 29.9 Å². The summed E-state index contributed by atoms with van der Waals surface area (Å²) in [5, 5.41) is 10.2. The molecule has 3 aromatic heterocycles. The molecule has 0 aliphatic carbocycles. The van der Waals surface area contributed by atoms with Crippen molar-refractivity contribution in [2.24, 2.45) is 0 Å². The van der Waals surface area contributed by atoms with Crippen LogP contribution >= 0.6 is 0 Å². The van der Waals surface area contributed by atoms with Gasteiger partial charge in [-0.05, 0) is 72.3 Å². The zero-order valence-corrected chi connectivity index (χ0v) is 44.2. The van der Waals surface area contributed by atoms with E-state index in [-0.39, 0.29) is 0 Å². The number of nitriles is 1. The molecule has 82 heavy (non-hydrogen) atoms. The lowest BCUT2D eigenvalue weighted by Gasteiger charge is -2.41. The predicted octanol–water partition coefficient (Wildman–Crippen LogP) is 18.2. The van der Waals surface area contributed by atoms with Gasteiger partial charge in [-0.15, -0.1) is 0 Å². The lowest BCUT2D eigenvalue weighted by molar-refractivity contribution is 1.06. The molecule has 14 rings (SSSR count). The van der Waals surface area contributed by atoms with Crippen LogP contribution in [-0.2, 0) is 0 Å². The van der Waals surface area contributed by atoms with Crippen molar-refractivity contribution in [1.29, 1.82) is 5.26 Å². The Morgan fingerprint density at radius 1 is 0.256 bits per heavy atom. The van der Waals surface area contributed by atoms with Gasteiger partial charge in [-0.2, -0.15) is 5.26 Å². The van der Waals surface area contributed by atoms with Crippen LogP contribution in [0.5, 0.6) is 0 Å². The van der Waals surface area contributed by atoms with Crippen molar-refractivity contribution in [3.63, 3.8) is 0 Å². The topological polar surface area (TPSA) is 108 Å². The summed E-state index contributed by atoms with van der Waals surface area (Å²) in [6, 6.07) is 99.0. The summed E-state index contributed by atoms with van der Waals surface area (Å²) in [5.74, 6) is 1.68. The minimum Gasteiger partial charge on any atom is -0.305 e. The van der Waals surface area contributed by atoms with Gasteiger partial charge in [0.2, 0.25) is 5.95 Å². The monoisotopic (exact) mass is 1050 g/mol. The first-order chi connectivity index (χ1) is 40.6. The summed E-state index contributed by atoms with van der Waals surface area (Å²) in [4.78, 5) is 36.9. The van der Waals surface area contributed by atoms with Crippen LogP contribution in [0.15, 0.2) is 285 Å². The molecule has 0 fully saturated rings. The smallest absolute Gasteiger partial charge is 0.235 e. The minimum absolute atomic E-state index is 0.519. The molecular formula is C73H47N9. The molecule has 384 valence electrons. The number of anilines is 6. The maximum Gasteiger partial charge on any atom is 0.235 e. The van der Waals surface area contributed by atoms with Gasteiger partial charge < -0.3 is 4.90 Å². The Morgan fingerprint density at radius 2 is 0.573 bits per heavy atom. The summed E-state index contributed by atoms with van der Waals surface area (Å²) < 4.78 is 0. The van der Waals surface area contributed by atoms with Gasteiger partial charge in [-0.3, -0.25) is 4.90 Å². The highest BCUT2D eigenvalue weighted by Crippen LogP contribution is 2.58. The average Bonchev–Trinajstić information content (AvgIpc) is 3.64. The predicted molar refractivity (Wildman–Crippen MR) is 330 cm³/mol. The number of aromatic nitrogens is 6. The molecule has 0 spiro atoms. The molecule has 10 aromatic carbocycles. The Kier molecular flexibility index (Phi) is 12.8. The lowest BCUT2D eigenvalue weighted by Crippen LogP contribution is -2.26. The minimum atomic E-state index is 0.519. The lowest BCUT2D eigenvalue weighted by atomic mass is 9.90. The van der Waals surface area contributed by atoms with Gasteiger partial charge in [0.15, 0.2) is 11.6 Å². The molecule has 1 aliphatic heterocycles.